The first-order valence-corrected chi connectivity index (χ1v) is 6.37. The highest BCUT2D eigenvalue weighted by atomic mass is 16.3. The van der Waals surface area contributed by atoms with E-state index in [1.807, 2.05) is 0 Å². The van der Waals surface area contributed by atoms with Crippen LogP contribution in [0.2, 0.25) is 0 Å². The van der Waals surface area contributed by atoms with E-state index in [-0.39, 0.29) is 17.6 Å². The third-order valence-electron chi connectivity index (χ3n) is 3.26. The highest BCUT2D eigenvalue weighted by Gasteiger charge is 2.20. The summed E-state index contributed by atoms with van der Waals surface area (Å²) in [6, 6.07) is 6.66. The molecule has 0 aromatic heterocycles. The largest absolute Gasteiger partial charge is 0.508 e. The van der Waals surface area contributed by atoms with Gasteiger partial charge in [0.15, 0.2) is 0 Å². The van der Waals surface area contributed by atoms with Crippen molar-refractivity contribution < 1.29 is 9.90 Å². The number of hydrazone groups is 1. The molecule has 1 saturated carbocycles. The molecule has 1 aromatic carbocycles. The van der Waals surface area contributed by atoms with Crippen LogP contribution in [0.4, 0.5) is 0 Å². The minimum Gasteiger partial charge on any atom is -0.508 e. The maximum atomic E-state index is 11.8. The molecule has 1 aromatic rings. The van der Waals surface area contributed by atoms with Crippen LogP contribution in [0, 0.1) is 5.92 Å². The van der Waals surface area contributed by atoms with Gasteiger partial charge in [0, 0.05) is 5.92 Å². The molecule has 1 amide bonds. The molecule has 0 saturated heterocycles. The Balaban J connectivity index is 1.83. The summed E-state index contributed by atoms with van der Waals surface area (Å²) in [5, 5.41) is 13.1. The van der Waals surface area contributed by atoms with E-state index in [1.54, 1.807) is 30.5 Å². The van der Waals surface area contributed by atoms with E-state index in [1.165, 1.54) is 6.42 Å². The van der Waals surface area contributed by atoms with E-state index in [9.17, 15) is 4.79 Å². The molecule has 0 heterocycles. The lowest BCUT2D eigenvalue weighted by molar-refractivity contribution is -0.125. The molecule has 0 aliphatic heterocycles. The van der Waals surface area contributed by atoms with Crippen LogP contribution in [0.5, 0.6) is 5.75 Å². The van der Waals surface area contributed by atoms with Gasteiger partial charge in [-0.15, -0.1) is 0 Å². The van der Waals surface area contributed by atoms with E-state index in [2.05, 4.69) is 10.5 Å². The van der Waals surface area contributed by atoms with Gasteiger partial charge in [0.25, 0.3) is 0 Å². The fourth-order valence-corrected chi connectivity index (χ4v) is 2.19. The lowest BCUT2D eigenvalue weighted by Crippen LogP contribution is -2.28. The maximum Gasteiger partial charge on any atom is 0.243 e. The van der Waals surface area contributed by atoms with E-state index in [0.717, 1.165) is 31.2 Å². The van der Waals surface area contributed by atoms with Gasteiger partial charge in [-0.3, -0.25) is 4.79 Å². The van der Waals surface area contributed by atoms with Crippen LogP contribution in [-0.4, -0.2) is 17.2 Å². The number of nitrogens with zero attached hydrogens (tertiary/aromatic N) is 1. The number of benzene rings is 1. The molecule has 0 bridgehead atoms. The van der Waals surface area contributed by atoms with Gasteiger partial charge in [-0.1, -0.05) is 19.3 Å². The zero-order chi connectivity index (χ0) is 12.8. The molecular weight excluding hydrogens is 228 g/mol. The lowest BCUT2D eigenvalue weighted by Gasteiger charge is -2.19. The minimum atomic E-state index is 0.0183. The van der Waals surface area contributed by atoms with Gasteiger partial charge < -0.3 is 5.11 Å². The fourth-order valence-electron chi connectivity index (χ4n) is 2.19. The normalized spacial score (nSPS) is 16.9. The average molecular weight is 246 g/mol. The molecule has 18 heavy (non-hydrogen) atoms. The van der Waals surface area contributed by atoms with Crippen molar-refractivity contribution in [1.29, 1.82) is 0 Å². The van der Waals surface area contributed by atoms with Crippen molar-refractivity contribution in [2.24, 2.45) is 11.0 Å². The number of aromatic hydroxyl groups is 1. The van der Waals surface area contributed by atoms with Gasteiger partial charge in [0.1, 0.15) is 5.75 Å². The average Bonchev–Trinajstić information content (AvgIpc) is 2.42. The predicted molar refractivity (Wildman–Crippen MR) is 70.4 cm³/mol. The van der Waals surface area contributed by atoms with Gasteiger partial charge >= 0.3 is 0 Å². The smallest absolute Gasteiger partial charge is 0.243 e. The summed E-state index contributed by atoms with van der Waals surface area (Å²) in [5.74, 6) is 0.360. The van der Waals surface area contributed by atoms with E-state index >= 15 is 0 Å². The summed E-state index contributed by atoms with van der Waals surface area (Å²) < 4.78 is 0. The summed E-state index contributed by atoms with van der Waals surface area (Å²) in [7, 11) is 0. The Morgan fingerprint density at radius 2 is 1.89 bits per heavy atom. The monoisotopic (exact) mass is 246 g/mol. The molecule has 0 atom stereocenters. The van der Waals surface area contributed by atoms with Crippen LogP contribution >= 0.6 is 0 Å². The number of carbonyl (C=O) groups is 1. The van der Waals surface area contributed by atoms with E-state index in [4.69, 9.17) is 5.11 Å². The number of rotatable bonds is 3. The highest BCUT2D eigenvalue weighted by molar-refractivity contribution is 5.83. The first-order valence-electron chi connectivity index (χ1n) is 6.37. The SMILES string of the molecule is O=C(N/N=C/c1ccc(O)cc1)C1CCCCC1. The summed E-state index contributed by atoms with van der Waals surface area (Å²) in [4.78, 5) is 11.8. The number of hydrogen-bond donors (Lipinski definition) is 2. The van der Waals surface area contributed by atoms with Crippen LogP contribution in [-0.2, 0) is 4.79 Å². The molecule has 4 heteroatoms. The van der Waals surface area contributed by atoms with Crippen LogP contribution in [0.15, 0.2) is 29.4 Å². The molecule has 2 rings (SSSR count). The Morgan fingerprint density at radius 3 is 2.56 bits per heavy atom. The molecule has 1 fully saturated rings. The van der Waals surface area contributed by atoms with Crippen molar-refractivity contribution in [3.8, 4) is 5.75 Å². The van der Waals surface area contributed by atoms with Gasteiger partial charge in [0.05, 0.1) is 6.21 Å². The number of nitrogens with one attached hydrogen (secondary N) is 1. The molecular formula is C14H18N2O2. The summed E-state index contributed by atoms with van der Waals surface area (Å²) in [6.45, 7) is 0. The molecule has 0 radical (unpaired) electrons. The Hall–Kier alpha value is -1.84. The third-order valence-corrected chi connectivity index (χ3v) is 3.26. The van der Waals surface area contributed by atoms with Crippen LogP contribution < -0.4 is 5.43 Å². The van der Waals surface area contributed by atoms with Crippen molar-refractivity contribution in [1.82, 2.24) is 5.43 Å². The standard InChI is InChI=1S/C14H18N2O2/c17-13-8-6-11(7-9-13)10-15-16-14(18)12-4-2-1-3-5-12/h6-10,12,17H,1-5H2,(H,16,18)/b15-10+. The van der Waals surface area contributed by atoms with E-state index < -0.39 is 0 Å². The molecule has 4 nitrogen and oxygen atoms in total. The van der Waals surface area contributed by atoms with Gasteiger partial charge in [-0.05, 0) is 42.7 Å². The van der Waals surface area contributed by atoms with Crippen LogP contribution in [0.3, 0.4) is 0 Å². The van der Waals surface area contributed by atoms with Crippen LogP contribution in [0.25, 0.3) is 0 Å². The molecule has 1 aliphatic carbocycles. The molecule has 0 spiro atoms. The van der Waals surface area contributed by atoms with Gasteiger partial charge in [-0.25, -0.2) is 5.43 Å². The van der Waals surface area contributed by atoms with Gasteiger partial charge in [0.2, 0.25) is 5.91 Å². The predicted octanol–water partition coefficient (Wildman–Crippen LogP) is 2.42. The van der Waals surface area contributed by atoms with Crippen molar-refractivity contribution in [2.45, 2.75) is 32.1 Å². The number of amides is 1. The number of carbonyl (C=O) groups excluding carboxylic acids is 1. The van der Waals surface area contributed by atoms with Gasteiger partial charge in [-0.2, -0.15) is 5.10 Å². The zero-order valence-corrected chi connectivity index (χ0v) is 10.3. The number of phenols is 1. The highest BCUT2D eigenvalue weighted by Crippen LogP contribution is 2.23. The summed E-state index contributed by atoms with van der Waals surface area (Å²) >= 11 is 0. The molecule has 0 unspecified atom stereocenters. The summed E-state index contributed by atoms with van der Waals surface area (Å²) in [6.07, 6.45) is 7.04. The number of phenolic OH excluding ortho intramolecular Hbond substituents is 1. The van der Waals surface area contributed by atoms with E-state index in [0.29, 0.717) is 0 Å². The van der Waals surface area contributed by atoms with Crippen molar-refractivity contribution in [3.63, 3.8) is 0 Å². The number of hydrogen-bond acceptors (Lipinski definition) is 3. The molecule has 1 aliphatic rings. The maximum absolute atomic E-state index is 11.8. The molecule has 96 valence electrons. The topological polar surface area (TPSA) is 61.7 Å². The van der Waals surface area contributed by atoms with Crippen molar-refractivity contribution in [3.05, 3.63) is 29.8 Å². The first kappa shape index (κ1) is 12.6. The second kappa shape index (κ2) is 6.19. The zero-order valence-electron chi connectivity index (χ0n) is 10.3. The second-order valence-corrected chi connectivity index (χ2v) is 4.66. The minimum absolute atomic E-state index is 0.0183. The Bertz CT molecular complexity index is 420. The Kier molecular flexibility index (Phi) is 4.34. The quantitative estimate of drug-likeness (QED) is 0.635. The van der Waals surface area contributed by atoms with Crippen LogP contribution in [0.1, 0.15) is 37.7 Å². The first-order chi connectivity index (χ1) is 8.75. The lowest BCUT2D eigenvalue weighted by atomic mass is 9.89. The summed E-state index contributed by atoms with van der Waals surface area (Å²) in [5.41, 5.74) is 3.43. The fraction of sp³-hybridized carbons (Fsp3) is 0.429. The van der Waals surface area contributed by atoms with Crippen molar-refractivity contribution in [2.75, 3.05) is 0 Å². The molecule has 2 N–H and O–H groups in total. The second-order valence-electron chi connectivity index (χ2n) is 4.66. The third kappa shape index (κ3) is 3.58. The van der Waals surface area contributed by atoms with Crippen molar-refractivity contribution >= 4 is 12.1 Å². The Morgan fingerprint density at radius 1 is 1.22 bits per heavy atom. The Labute approximate surface area is 107 Å².